The molecule has 2 unspecified atom stereocenters. The van der Waals surface area contributed by atoms with E-state index in [4.69, 9.17) is 9.26 Å². The molecular formula is C16H28N2O2. The van der Waals surface area contributed by atoms with E-state index in [2.05, 4.69) is 24.3 Å². The molecule has 0 bridgehead atoms. The third-order valence-corrected chi connectivity index (χ3v) is 4.14. The van der Waals surface area contributed by atoms with Crippen molar-refractivity contribution in [3.63, 3.8) is 0 Å². The van der Waals surface area contributed by atoms with Crippen LogP contribution in [0.5, 0.6) is 0 Å². The number of hydrogen-bond donors (Lipinski definition) is 1. The van der Waals surface area contributed by atoms with Gasteiger partial charge in [-0.15, -0.1) is 0 Å². The Kier molecular flexibility index (Phi) is 6.54. The first kappa shape index (κ1) is 15.5. The van der Waals surface area contributed by atoms with Gasteiger partial charge >= 0.3 is 0 Å². The molecule has 4 nitrogen and oxygen atoms in total. The van der Waals surface area contributed by atoms with Gasteiger partial charge in [-0.1, -0.05) is 38.3 Å². The molecule has 0 saturated heterocycles. The van der Waals surface area contributed by atoms with E-state index in [0.29, 0.717) is 12.7 Å². The molecule has 1 aromatic heterocycles. The molecular weight excluding hydrogens is 252 g/mol. The van der Waals surface area contributed by atoms with Crippen molar-refractivity contribution in [1.82, 2.24) is 10.5 Å². The summed E-state index contributed by atoms with van der Waals surface area (Å²) in [5.74, 6) is 1.57. The van der Waals surface area contributed by atoms with Crippen molar-refractivity contribution in [3.05, 3.63) is 17.5 Å². The number of nitrogens with zero attached hydrogens (tertiary/aromatic N) is 1. The van der Waals surface area contributed by atoms with Gasteiger partial charge in [-0.25, -0.2) is 0 Å². The molecule has 2 rings (SSSR count). The minimum absolute atomic E-state index is 0.403. The van der Waals surface area contributed by atoms with Gasteiger partial charge in [0.25, 0.3) is 0 Å². The van der Waals surface area contributed by atoms with Gasteiger partial charge in [-0.05, 0) is 31.7 Å². The van der Waals surface area contributed by atoms with Gasteiger partial charge in [0.05, 0.1) is 11.8 Å². The Morgan fingerprint density at radius 2 is 2.20 bits per heavy atom. The van der Waals surface area contributed by atoms with E-state index in [1.807, 2.05) is 6.07 Å². The van der Waals surface area contributed by atoms with E-state index < -0.39 is 0 Å². The summed E-state index contributed by atoms with van der Waals surface area (Å²) in [4.78, 5) is 0. The third kappa shape index (κ3) is 4.60. The third-order valence-electron chi connectivity index (χ3n) is 4.14. The second-order valence-electron chi connectivity index (χ2n) is 5.76. The molecule has 2 atom stereocenters. The van der Waals surface area contributed by atoms with Crippen LogP contribution in [0.3, 0.4) is 0 Å². The summed E-state index contributed by atoms with van der Waals surface area (Å²) in [5, 5.41) is 7.40. The van der Waals surface area contributed by atoms with Crippen LogP contribution in [0.15, 0.2) is 10.6 Å². The SMILES string of the molecule is CCCNCc1cc(COC2CCCCC2CC)on1. The largest absolute Gasteiger partial charge is 0.370 e. The predicted molar refractivity (Wildman–Crippen MR) is 79.3 cm³/mol. The van der Waals surface area contributed by atoms with E-state index >= 15 is 0 Å². The lowest BCUT2D eigenvalue weighted by molar-refractivity contribution is -0.0298. The first-order valence-electron chi connectivity index (χ1n) is 8.10. The van der Waals surface area contributed by atoms with Crippen molar-refractivity contribution in [1.29, 1.82) is 0 Å². The van der Waals surface area contributed by atoms with Gasteiger partial charge in [-0.2, -0.15) is 0 Å². The Morgan fingerprint density at radius 3 is 3.00 bits per heavy atom. The topological polar surface area (TPSA) is 47.3 Å². The highest BCUT2D eigenvalue weighted by Crippen LogP contribution is 2.29. The molecule has 0 radical (unpaired) electrons. The fourth-order valence-corrected chi connectivity index (χ4v) is 2.95. The quantitative estimate of drug-likeness (QED) is 0.738. The number of hydrogen-bond acceptors (Lipinski definition) is 4. The fraction of sp³-hybridized carbons (Fsp3) is 0.812. The lowest BCUT2D eigenvalue weighted by atomic mass is 9.85. The highest BCUT2D eigenvalue weighted by Gasteiger charge is 2.24. The van der Waals surface area contributed by atoms with Gasteiger partial charge in [0.2, 0.25) is 0 Å². The predicted octanol–water partition coefficient (Wildman–Crippen LogP) is 3.66. The molecule has 1 saturated carbocycles. The summed E-state index contributed by atoms with van der Waals surface area (Å²) in [6.45, 7) is 6.76. The number of aromatic nitrogens is 1. The van der Waals surface area contributed by atoms with Gasteiger partial charge in [-0.3, -0.25) is 0 Å². The molecule has 1 aromatic rings. The van der Waals surface area contributed by atoms with Crippen LogP contribution < -0.4 is 5.32 Å². The summed E-state index contributed by atoms with van der Waals surface area (Å²) < 4.78 is 11.4. The van der Waals surface area contributed by atoms with Gasteiger partial charge in [0.15, 0.2) is 5.76 Å². The summed E-state index contributed by atoms with van der Waals surface area (Å²) in [7, 11) is 0. The van der Waals surface area contributed by atoms with E-state index in [1.165, 1.54) is 32.1 Å². The average Bonchev–Trinajstić information content (AvgIpc) is 2.93. The monoisotopic (exact) mass is 280 g/mol. The molecule has 0 spiro atoms. The van der Waals surface area contributed by atoms with Crippen LogP contribution >= 0.6 is 0 Å². The summed E-state index contributed by atoms with van der Waals surface area (Å²) in [5.41, 5.74) is 0.965. The van der Waals surface area contributed by atoms with Crippen molar-refractivity contribution in [3.8, 4) is 0 Å². The Bertz CT molecular complexity index is 378. The van der Waals surface area contributed by atoms with Crippen molar-refractivity contribution in [2.24, 2.45) is 5.92 Å². The molecule has 0 amide bonds. The zero-order valence-electron chi connectivity index (χ0n) is 12.9. The van der Waals surface area contributed by atoms with Crippen molar-refractivity contribution in [2.45, 2.75) is 71.6 Å². The van der Waals surface area contributed by atoms with Crippen molar-refractivity contribution >= 4 is 0 Å². The van der Waals surface area contributed by atoms with Crippen LogP contribution in [0.4, 0.5) is 0 Å². The molecule has 0 aliphatic heterocycles. The van der Waals surface area contributed by atoms with Gasteiger partial charge in [0.1, 0.15) is 6.61 Å². The molecule has 1 aliphatic carbocycles. The first-order valence-corrected chi connectivity index (χ1v) is 8.10. The molecule has 1 fully saturated rings. The normalized spacial score (nSPS) is 23.1. The van der Waals surface area contributed by atoms with Crippen LogP contribution in [0, 0.1) is 5.92 Å². The summed E-state index contributed by atoms with van der Waals surface area (Å²) in [6.07, 6.45) is 7.90. The lowest BCUT2D eigenvalue weighted by Crippen LogP contribution is -2.27. The minimum Gasteiger partial charge on any atom is -0.370 e. The Balaban J connectivity index is 1.75. The molecule has 0 aromatic carbocycles. The lowest BCUT2D eigenvalue weighted by Gasteiger charge is -2.30. The second-order valence-corrected chi connectivity index (χ2v) is 5.76. The van der Waals surface area contributed by atoms with E-state index in [9.17, 15) is 0 Å². The van der Waals surface area contributed by atoms with Crippen LogP contribution in [0.2, 0.25) is 0 Å². The van der Waals surface area contributed by atoms with Crippen molar-refractivity contribution in [2.75, 3.05) is 6.54 Å². The molecule has 1 heterocycles. The molecule has 1 N–H and O–H groups in total. The van der Waals surface area contributed by atoms with Crippen LogP contribution in [0.25, 0.3) is 0 Å². The van der Waals surface area contributed by atoms with Gasteiger partial charge < -0.3 is 14.6 Å². The Labute approximate surface area is 122 Å². The maximum absolute atomic E-state index is 6.06. The first-order chi connectivity index (χ1) is 9.83. The molecule has 4 heteroatoms. The summed E-state index contributed by atoms with van der Waals surface area (Å²) >= 11 is 0. The Hall–Kier alpha value is -0.870. The smallest absolute Gasteiger partial charge is 0.162 e. The van der Waals surface area contributed by atoms with Crippen LogP contribution in [0.1, 0.15) is 63.8 Å². The molecule has 1 aliphatic rings. The standard InChI is InChI=1S/C16H28N2O2/c1-3-9-17-11-14-10-15(20-18-14)12-19-16-8-6-5-7-13(16)4-2/h10,13,16-17H,3-9,11-12H2,1-2H3. The van der Waals surface area contributed by atoms with Crippen LogP contribution in [-0.4, -0.2) is 17.8 Å². The molecule has 114 valence electrons. The molecule has 20 heavy (non-hydrogen) atoms. The number of nitrogens with one attached hydrogen (secondary N) is 1. The average molecular weight is 280 g/mol. The fourth-order valence-electron chi connectivity index (χ4n) is 2.95. The second kappa shape index (κ2) is 8.42. The highest BCUT2D eigenvalue weighted by atomic mass is 16.5. The minimum atomic E-state index is 0.403. The number of rotatable bonds is 8. The van der Waals surface area contributed by atoms with E-state index in [0.717, 1.165) is 36.9 Å². The highest BCUT2D eigenvalue weighted by molar-refractivity contribution is 5.04. The maximum Gasteiger partial charge on any atom is 0.162 e. The van der Waals surface area contributed by atoms with Crippen LogP contribution in [-0.2, 0) is 17.9 Å². The Morgan fingerprint density at radius 1 is 1.35 bits per heavy atom. The zero-order chi connectivity index (χ0) is 14.2. The van der Waals surface area contributed by atoms with E-state index in [-0.39, 0.29) is 0 Å². The zero-order valence-corrected chi connectivity index (χ0v) is 12.9. The van der Waals surface area contributed by atoms with E-state index in [1.54, 1.807) is 0 Å². The summed E-state index contributed by atoms with van der Waals surface area (Å²) in [6, 6.07) is 2.01. The maximum atomic E-state index is 6.06. The van der Waals surface area contributed by atoms with Gasteiger partial charge in [0, 0.05) is 12.6 Å². The van der Waals surface area contributed by atoms with Crippen molar-refractivity contribution < 1.29 is 9.26 Å². The number of ether oxygens (including phenoxy) is 1.